The summed E-state index contributed by atoms with van der Waals surface area (Å²) in [6.07, 6.45) is -3.03. The molecule has 1 saturated heterocycles. The van der Waals surface area contributed by atoms with E-state index in [-0.39, 0.29) is 17.4 Å². The number of nitrogens with zero attached hydrogens (tertiary/aromatic N) is 5. The number of ether oxygens (including phenoxy) is 2. The lowest BCUT2D eigenvalue weighted by Crippen LogP contribution is -2.48. The zero-order valence-electron chi connectivity index (χ0n) is 29.4. The lowest BCUT2D eigenvalue weighted by atomic mass is 10.1. The Hall–Kier alpha value is -6.42. The van der Waals surface area contributed by atoms with Crippen molar-refractivity contribution in [3.63, 3.8) is 0 Å². The number of hydrogen-bond donors (Lipinski definition) is 2. The summed E-state index contributed by atoms with van der Waals surface area (Å²) in [6.45, 7) is 3.57. The van der Waals surface area contributed by atoms with E-state index in [9.17, 15) is 22.8 Å². The number of piperazine rings is 1. The molecule has 1 aliphatic rings. The molecule has 2 N–H and O–H groups in total. The van der Waals surface area contributed by atoms with Gasteiger partial charge in [0, 0.05) is 63.8 Å². The predicted molar refractivity (Wildman–Crippen MR) is 191 cm³/mol. The van der Waals surface area contributed by atoms with Gasteiger partial charge in [-0.3, -0.25) is 14.5 Å². The van der Waals surface area contributed by atoms with Crippen LogP contribution in [0.5, 0.6) is 17.4 Å². The SMILES string of the molecule is COc1ccc(CN2CCN(C(=O)c3cc4c(Oc5ccc(N(C)C(=O)c6ccc(C(F)(F)F)cc6)cn5)cccc4n3C)CC2)cc1.O=C(O)C(=O)O. The third kappa shape index (κ3) is 9.14. The molecule has 6 rings (SSSR count). The smallest absolute Gasteiger partial charge is 0.416 e. The number of carbonyl (C=O) groups excluding carboxylic acids is 2. The summed E-state index contributed by atoms with van der Waals surface area (Å²) >= 11 is 0. The first kappa shape index (κ1) is 38.8. The zero-order chi connectivity index (χ0) is 39.2. The molecule has 0 bridgehead atoms. The van der Waals surface area contributed by atoms with E-state index in [4.69, 9.17) is 29.3 Å². The number of benzene rings is 3. The van der Waals surface area contributed by atoms with Crippen LogP contribution >= 0.6 is 0 Å². The molecule has 16 heteroatoms. The summed E-state index contributed by atoms with van der Waals surface area (Å²) in [5, 5.41) is 15.5. The summed E-state index contributed by atoms with van der Waals surface area (Å²) in [5.41, 5.74) is 2.29. The van der Waals surface area contributed by atoms with Crippen molar-refractivity contribution < 1.29 is 52.0 Å². The largest absolute Gasteiger partial charge is 0.497 e. The average Bonchev–Trinajstić information content (AvgIpc) is 3.51. The number of amides is 2. The maximum Gasteiger partial charge on any atom is 0.416 e. The number of carbonyl (C=O) groups is 4. The quantitative estimate of drug-likeness (QED) is 0.187. The van der Waals surface area contributed by atoms with E-state index < -0.39 is 29.6 Å². The normalized spacial score (nSPS) is 13.1. The second-order valence-corrected chi connectivity index (χ2v) is 12.2. The minimum atomic E-state index is -4.48. The predicted octanol–water partition coefficient (Wildman–Crippen LogP) is 5.78. The molecule has 3 aromatic carbocycles. The fourth-order valence-electron chi connectivity index (χ4n) is 5.74. The van der Waals surface area contributed by atoms with Gasteiger partial charge >= 0.3 is 18.1 Å². The van der Waals surface area contributed by atoms with Crippen LogP contribution in [0.1, 0.15) is 32.0 Å². The number of hydrogen-bond acceptors (Lipinski definition) is 8. The van der Waals surface area contributed by atoms with Crippen molar-refractivity contribution >= 4 is 40.3 Å². The van der Waals surface area contributed by atoms with Crippen LogP contribution in [0, 0.1) is 0 Å². The van der Waals surface area contributed by atoms with E-state index in [1.54, 1.807) is 25.3 Å². The second-order valence-electron chi connectivity index (χ2n) is 12.2. The van der Waals surface area contributed by atoms with Crippen LogP contribution in [0.2, 0.25) is 0 Å². The van der Waals surface area contributed by atoms with Gasteiger partial charge in [-0.2, -0.15) is 13.2 Å². The molecule has 3 heterocycles. The average molecular weight is 748 g/mol. The van der Waals surface area contributed by atoms with Crippen molar-refractivity contribution in [3.05, 3.63) is 114 Å². The third-order valence-corrected chi connectivity index (χ3v) is 8.76. The Balaban J connectivity index is 0.000000864. The number of anilines is 1. The van der Waals surface area contributed by atoms with Crippen molar-refractivity contribution in [2.24, 2.45) is 7.05 Å². The first-order valence-corrected chi connectivity index (χ1v) is 16.4. The monoisotopic (exact) mass is 747 g/mol. The molecular formula is C38H36F3N5O8. The Morgan fingerprint density at radius 2 is 1.52 bits per heavy atom. The minimum absolute atomic E-state index is 0.0491. The van der Waals surface area contributed by atoms with Gasteiger partial charge in [-0.05, 0) is 66.2 Å². The van der Waals surface area contributed by atoms with Crippen LogP contribution in [0.3, 0.4) is 0 Å². The zero-order valence-corrected chi connectivity index (χ0v) is 29.4. The van der Waals surface area contributed by atoms with E-state index >= 15 is 0 Å². The molecule has 13 nitrogen and oxygen atoms in total. The van der Waals surface area contributed by atoms with E-state index in [1.165, 1.54) is 23.7 Å². The van der Waals surface area contributed by atoms with Crippen molar-refractivity contribution in [1.82, 2.24) is 19.4 Å². The topological polar surface area (TPSA) is 155 Å². The van der Waals surface area contributed by atoms with E-state index in [0.29, 0.717) is 30.2 Å². The van der Waals surface area contributed by atoms with Crippen LogP contribution in [-0.4, -0.2) is 93.7 Å². The number of aromatic nitrogens is 2. The molecule has 5 aromatic rings. The van der Waals surface area contributed by atoms with E-state index in [2.05, 4.69) is 22.0 Å². The summed E-state index contributed by atoms with van der Waals surface area (Å²) in [5.74, 6) is -2.57. The summed E-state index contributed by atoms with van der Waals surface area (Å²) in [4.78, 5) is 54.6. The fraction of sp³-hybridized carbons (Fsp3) is 0.237. The molecule has 0 atom stereocenters. The number of aryl methyl sites for hydroxylation is 1. The van der Waals surface area contributed by atoms with Gasteiger partial charge in [-0.15, -0.1) is 0 Å². The van der Waals surface area contributed by atoms with Crippen LogP contribution in [0.15, 0.2) is 91.1 Å². The van der Waals surface area contributed by atoms with Gasteiger partial charge in [0.1, 0.15) is 17.2 Å². The number of fused-ring (bicyclic) bond motifs is 1. The number of halogens is 3. The third-order valence-electron chi connectivity index (χ3n) is 8.76. The van der Waals surface area contributed by atoms with Gasteiger partial charge in [0.2, 0.25) is 5.88 Å². The van der Waals surface area contributed by atoms with E-state index in [0.717, 1.165) is 60.6 Å². The first-order valence-electron chi connectivity index (χ1n) is 16.4. The first-order chi connectivity index (χ1) is 25.7. The summed E-state index contributed by atoms with van der Waals surface area (Å²) < 4.78 is 52.0. The molecule has 54 heavy (non-hydrogen) atoms. The molecule has 0 radical (unpaired) electrons. The molecule has 0 unspecified atom stereocenters. The number of aliphatic carboxylic acids is 2. The van der Waals surface area contributed by atoms with Crippen LogP contribution in [0.4, 0.5) is 18.9 Å². The Kier molecular flexibility index (Phi) is 11.9. The number of carboxylic acids is 2. The summed E-state index contributed by atoms with van der Waals surface area (Å²) in [6, 6.07) is 22.7. The van der Waals surface area contributed by atoms with Crippen LogP contribution < -0.4 is 14.4 Å². The number of alkyl halides is 3. The number of pyridine rings is 1. The van der Waals surface area contributed by atoms with Gasteiger partial charge < -0.3 is 34.1 Å². The molecule has 1 fully saturated rings. The molecule has 2 amide bonds. The van der Waals surface area contributed by atoms with Crippen molar-refractivity contribution in [2.45, 2.75) is 12.7 Å². The van der Waals surface area contributed by atoms with Gasteiger partial charge in [-0.1, -0.05) is 18.2 Å². The minimum Gasteiger partial charge on any atom is -0.497 e. The molecular weight excluding hydrogens is 711 g/mol. The Bertz CT molecular complexity index is 2120. The lowest BCUT2D eigenvalue weighted by Gasteiger charge is -2.34. The highest BCUT2D eigenvalue weighted by Crippen LogP contribution is 2.33. The van der Waals surface area contributed by atoms with E-state index in [1.807, 2.05) is 46.8 Å². The Morgan fingerprint density at radius 3 is 2.07 bits per heavy atom. The van der Waals surface area contributed by atoms with Crippen molar-refractivity contribution in [2.75, 3.05) is 45.2 Å². The molecule has 0 saturated carbocycles. The lowest BCUT2D eigenvalue weighted by molar-refractivity contribution is -0.159. The summed E-state index contributed by atoms with van der Waals surface area (Å²) in [7, 11) is 5.02. The van der Waals surface area contributed by atoms with Crippen molar-refractivity contribution in [3.8, 4) is 17.4 Å². The molecule has 1 aliphatic heterocycles. The van der Waals surface area contributed by atoms with Crippen LogP contribution in [0.25, 0.3) is 10.9 Å². The molecule has 0 aliphatic carbocycles. The Morgan fingerprint density at radius 1 is 0.870 bits per heavy atom. The molecule has 282 valence electrons. The van der Waals surface area contributed by atoms with Crippen molar-refractivity contribution in [1.29, 1.82) is 0 Å². The second kappa shape index (κ2) is 16.5. The highest BCUT2D eigenvalue weighted by molar-refractivity contribution is 6.27. The maximum absolute atomic E-state index is 13.7. The molecule has 2 aromatic heterocycles. The highest BCUT2D eigenvalue weighted by atomic mass is 19.4. The number of carboxylic acid groups (broad SMARTS) is 2. The van der Waals surface area contributed by atoms with Gasteiger partial charge in [0.05, 0.1) is 30.1 Å². The number of rotatable bonds is 8. The van der Waals surface area contributed by atoms with Crippen LogP contribution in [-0.2, 0) is 29.4 Å². The highest BCUT2D eigenvalue weighted by Gasteiger charge is 2.30. The van der Waals surface area contributed by atoms with Gasteiger partial charge in [-0.25, -0.2) is 14.6 Å². The fourth-order valence-corrected chi connectivity index (χ4v) is 5.74. The van der Waals surface area contributed by atoms with Gasteiger partial charge in [0.25, 0.3) is 11.8 Å². The molecule has 0 spiro atoms. The Labute approximate surface area is 307 Å². The number of methoxy groups -OCH3 is 1. The maximum atomic E-state index is 13.7. The van der Waals surface area contributed by atoms with Gasteiger partial charge in [0.15, 0.2) is 0 Å². The standard InChI is InChI=1S/C36H34F3N5O4.C2H2O4/c1-41(34(45)25-9-11-26(12-10-25)36(37,38)39)27-13-16-33(40-22-27)48-32-6-4-5-30-29(32)21-31(42(30)2)35(46)44-19-17-43(18-20-44)23-24-7-14-28(47-3)15-8-24;3-1(4)2(5)6/h4-16,21-22H,17-20,23H2,1-3H3;(H,3,4)(H,5,6).